The monoisotopic (exact) mass is 936 g/mol. The maximum absolute atomic E-state index is 15.2. The predicted octanol–water partition coefficient (Wildman–Crippen LogP) is 14.8. The van der Waals surface area contributed by atoms with Crippen LogP contribution in [0.4, 0.5) is 70.2 Å². The molecule has 0 aromatic heterocycles. The van der Waals surface area contributed by atoms with Crippen LogP contribution in [0.3, 0.4) is 0 Å². The van der Waals surface area contributed by atoms with Crippen LogP contribution in [0.15, 0.2) is 84.9 Å². The summed E-state index contributed by atoms with van der Waals surface area (Å²) in [4.78, 5) is 0. The van der Waals surface area contributed by atoms with Gasteiger partial charge in [0.25, 0.3) is 0 Å². The van der Waals surface area contributed by atoms with E-state index in [9.17, 15) is 43.9 Å². The summed E-state index contributed by atoms with van der Waals surface area (Å²) >= 11 is 0. The molecule has 0 aliphatic carbocycles. The molecule has 0 heterocycles. The first-order valence-corrected chi connectivity index (χ1v) is 18.9. The molecular formula is C45H28F16O4. The minimum atomic E-state index is -5.45. The third-order valence-corrected chi connectivity index (χ3v) is 9.76. The molecule has 0 amide bonds. The summed E-state index contributed by atoms with van der Waals surface area (Å²) in [7, 11) is 0. The number of alkyl halides is 6. The Hall–Kier alpha value is -6.60. The topological polar surface area (TPSA) is 36.9 Å². The van der Waals surface area contributed by atoms with E-state index in [0.717, 1.165) is 24.3 Å². The second-order valence-electron chi connectivity index (χ2n) is 14.1. The molecule has 0 spiro atoms. The lowest BCUT2D eigenvalue weighted by Crippen LogP contribution is -2.19. The summed E-state index contributed by atoms with van der Waals surface area (Å²) in [6.07, 6.45) is -9.42. The third-order valence-electron chi connectivity index (χ3n) is 9.76. The van der Waals surface area contributed by atoms with E-state index in [2.05, 4.69) is 9.47 Å². The van der Waals surface area contributed by atoms with Crippen LogP contribution in [0, 0.1) is 64.1 Å². The van der Waals surface area contributed by atoms with E-state index < -0.39 is 105 Å². The first kappa shape index (κ1) is 47.9. The zero-order valence-electron chi connectivity index (χ0n) is 32.9. The summed E-state index contributed by atoms with van der Waals surface area (Å²) < 4.78 is 240. The highest BCUT2D eigenvalue weighted by Crippen LogP contribution is 2.39. The number of benzene rings is 6. The standard InChI is InChI=1S/C45H28F16O4/c1-2-21(7-9-62-26-3-5-28(30(46)19-26)22-11-32(48)40(33(49)12-22)24-15-36(52)42(37(53)16-24)64-44(56,57)58)8-10-63-27-4-6-29(31(47)20-27)23-13-34(50)41(35(51)14-23)25-17-38(54)43(39(55)18-25)65-45(59,60)61/h3-6,11-21H,2,7-10H2,1H3. The first-order chi connectivity index (χ1) is 30.5. The maximum atomic E-state index is 15.2. The summed E-state index contributed by atoms with van der Waals surface area (Å²) in [5.41, 5.74) is -4.81. The highest BCUT2D eigenvalue weighted by molar-refractivity contribution is 5.74. The number of halogens is 16. The fourth-order valence-corrected chi connectivity index (χ4v) is 6.72. The Bertz CT molecular complexity index is 2440. The fraction of sp³-hybridized carbons (Fsp3) is 0.200. The molecule has 0 fully saturated rings. The van der Waals surface area contributed by atoms with Crippen molar-refractivity contribution in [3.05, 3.63) is 143 Å². The zero-order chi connectivity index (χ0) is 47.5. The van der Waals surface area contributed by atoms with E-state index in [1.54, 1.807) is 0 Å². The lowest BCUT2D eigenvalue weighted by molar-refractivity contribution is -0.277. The van der Waals surface area contributed by atoms with Crippen LogP contribution in [0.2, 0.25) is 0 Å². The van der Waals surface area contributed by atoms with Gasteiger partial charge in [-0.3, -0.25) is 0 Å². The maximum Gasteiger partial charge on any atom is 0.573 e. The van der Waals surface area contributed by atoms with Crippen LogP contribution in [0.1, 0.15) is 26.2 Å². The van der Waals surface area contributed by atoms with Crippen molar-refractivity contribution in [1.29, 1.82) is 0 Å². The van der Waals surface area contributed by atoms with Gasteiger partial charge in [-0.15, -0.1) is 26.3 Å². The van der Waals surface area contributed by atoms with Crippen LogP contribution in [0.25, 0.3) is 44.5 Å². The smallest absolute Gasteiger partial charge is 0.493 e. The van der Waals surface area contributed by atoms with Gasteiger partial charge in [0.2, 0.25) is 11.5 Å². The Balaban J connectivity index is 1.03. The van der Waals surface area contributed by atoms with Crippen molar-refractivity contribution < 1.29 is 89.2 Å². The van der Waals surface area contributed by atoms with Crippen LogP contribution in [-0.4, -0.2) is 25.9 Å². The largest absolute Gasteiger partial charge is 0.573 e. The van der Waals surface area contributed by atoms with E-state index >= 15 is 26.3 Å². The molecule has 0 saturated heterocycles. The van der Waals surface area contributed by atoms with E-state index in [4.69, 9.17) is 9.47 Å². The Morgan fingerprint density at radius 3 is 0.985 bits per heavy atom. The molecule has 0 unspecified atom stereocenters. The second-order valence-corrected chi connectivity index (χ2v) is 14.1. The molecule has 6 aromatic carbocycles. The molecule has 0 aliphatic rings. The molecule has 0 radical (unpaired) electrons. The molecule has 4 nitrogen and oxygen atoms in total. The Morgan fingerprint density at radius 1 is 0.400 bits per heavy atom. The van der Waals surface area contributed by atoms with E-state index in [1.807, 2.05) is 6.92 Å². The average molecular weight is 937 g/mol. The number of rotatable bonds is 15. The van der Waals surface area contributed by atoms with Gasteiger partial charge in [-0.1, -0.05) is 13.3 Å². The summed E-state index contributed by atoms with van der Waals surface area (Å²) in [5.74, 6) is -18.7. The van der Waals surface area contributed by atoms with Crippen molar-refractivity contribution in [1.82, 2.24) is 0 Å². The Morgan fingerprint density at radius 2 is 0.708 bits per heavy atom. The van der Waals surface area contributed by atoms with Gasteiger partial charge in [0.15, 0.2) is 23.3 Å². The van der Waals surface area contributed by atoms with Crippen molar-refractivity contribution in [2.24, 2.45) is 5.92 Å². The highest BCUT2D eigenvalue weighted by Gasteiger charge is 2.36. The van der Waals surface area contributed by atoms with Gasteiger partial charge in [-0.05, 0) is 114 Å². The SMILES string of the molecule is CCC(CCOc1ccc(-c2cc(F)c(-c3cc(F)c(OC(F)(F)F)c(F)c3)c(F)c2)c(F)c1)CCOc1ccc(-c2cc(F)c(-c3cc(F)c(OC(F)(F)F)c(F)c3)c(F)c2)c(F)c1. The van der Waals surface area contributed by atoms with E-state index in [0.29, 0.717) is 43.5 Å². The quantitative estimate of drug-likeness (QED) is 0.0962. The molecular weight excluding hydrogens is 908 g/mol. The molecule has 0 aliphatic heterocycles. The molecule has 6 aromatic rings. The zero-order valence-corrected chi connectivity index (χ0v) is 32.9. The molecule has 20 heteroatoms. The molecule has 0 saturated carbocycles. The Labute approximate surface area is 357 Å². The lowest BCUT2D eigenvalue weighted by Gasteiger charge is -2.17. The van der Waals surface area contributed by atoms with E-state index in [1.165, 1.54) is 12.1 Å². The number of hydrogen-bond acceptors (Lipinski definition) is 4. The average Bonchev–Trinajstić information content (AvgIpc) is 3.19. The molecule has 6 rings (SSSR count). The van der Waals surface area contributed by atoms with Gasteiger partial charge in [-0.25, -0.2) is 43.9 Å². The molecule has 344 valence electrons. The van der Waals surface area contributed by atoms with Crippen LogP contribution < -0.4 is 18.9 Å². The summed E-state index contributed by atoms with van der Waals surface area (Å²) in [6, 6.07) is 10.5. The van der Waals surface area contributed by atoms with Crippen molar-refractivity contribution in [3.8, 4) is 67.5 Å². The van der Waals surface area contributed by atoms with Crippen molar-refractivity contribution in [3.63, 3.8) is 0 Å². The Kier molecular flexibility index (Phi) is 14.2. The highest BCUT2D eigenvalue weighted by atomic mass is 19.4. The van der Waals surface area contributed by atoms with Gasteiger partial charge in [-0.2, -0.15) is 0 Å². The molecule has 65 heavy (non-hydrogen) atoms. The van der Waals surface area contributed by atoms with E-state index in [-0.39, 0.29) is 77.1 Å². The van der Waals surface area contributed by atoms with Gasteiger partial charge in [0, 0.05) is 23.3 Å². The third kappa shape index (κ3) is 11.6. The van der Waals surface area contributed by atoms with Gasteiger partial charge in [0.05, 0.1) is 24.3 Å². The normalized spacial score (nSPS) is 11.9. The van der Waals surface area contributed by atoms with Gasteiger partial charge in [0.1, 0.15) is 46.4 Å². The molecule has 0 N–H and O–H groups in total. The minimum Gasteiger partial charge on any atom is -0.493 e. The predicted molar refractivity (Wildman–Crippen MR) is 202 cm³/mol. The summed E-state index contributed by atoms with van der Waals surface area (Å²) in [5, 5.41) is 0. The molecule has 0 bridgehead atoms. The van der Waals surface area contributed by atoms with Crippen LogP contribution in [0.5, 0.6) is 23.0 Å². The second kappa shape index (κ2) is 19.2. The minimum absolute atomic E-state index is 0.0252. The van der Waals surface area contributed by atoms with Crippen LogP contribution >= 0.6 is 0 Å². The van der Waals surface area contributed by atoms with Crippen molar-refractivity contribution in [2.75, 3.05) is 13.2 Å². The van der Waals surface area contributed by atoms with Gasteiger partial charge < -0.3 is 18.9 Å². The number of hydrogen-bond donors (Lipinski definition) is 0. The van der Waals surface area contributed by atoms with Crippen LogP contribution in [-0.2, 0) is 0 Å². The van der Waals surface area contributed by atoms with Crippen molar-refractivity contribution >= 4 is 0 Å². The van der Waals surface area contributed by atoms with Crippen molar-refractivity contribution in [2.45, 2.75) is 38.9 Å². The lowest BCUT2D eigenvalue weighted by atomic mass is 9.98. The molecule has 0 atom stereocenters. The summed E-state index contributed by atoms with van der Waals surface area (Å²) in [6.45, 7) is 2.02. The first-order valence-electron chi connectivity index (χ1n) is 18.9. The fourth-order valence-electron chi connectivity index (χ4n) is 6.72. The number of ether oxygens (including phenoxy) is 4. The van der Waals surface area contributed by atoms with Gasteiger partial charge >= 0.3 is 12.7 Å².